The molecule has 0 heterocycles. The lowest BCUT2D eigenvalue weighted by Gasteiger charge is -2.07. The number of sulfonamides is 1. The standard InChI is InChI=1S/C15H24N2O3S/c1-3-4-7-15(18)16-12-5-6-13-8-10-14(11-9-13)17-21(2,19)20/h8-11,17H,3-7,12H2,1-2H3,(H,16,18). The van der Waals surface area contributed by atoms with Crippen molar-refractivity contribution in [2.75, 3.05) is 17.5 Å². The average molecular weight is 312 g/mol. The molecule has 0 spiro atoms. The van der Waals surface area contributed by atoms with Crippen molar-refractivity contribution in [2.24, 2.45) is 0 Å². The van der Waals surface area contributed by atoms with Crippen molar-refractivity contribution >= 4 is 21.6 Å². The Labute approximate surface area is 127 Å². The number of amides is 1. The van der Waals surface area contributed by atoms with E-state index < -0.39 is 10.0 Å². The second-order valence-electron chi connectivity index (χ2n) is 5.13. The number of nitrogens with one attached hydrogen (secondary N) is 2. The SMILES string of the molecule is CCCCC(=O)NCCCc1ccc(NS(C)(=O)=O)cc1. The number of benzene rings is 1. The first-order chi connectivity index (χ1) is 9.90. The van der Waals surface area contributed by atoms with E-state index in [-0.39, 0.29) is 5.91 Å². The van der Waals surface area contributed by atoms with Crippen molar-refractivity contribution in [2.45, 2.75) is 39.0 Å². The Morgan fingerprint density at radius 3 is 2.38 bits per heavy atom. The summed E-state index contributed by atoms with van der Waals surface area (Å²) in [4.78, 5) is 11.4. The summed E-state index contributed by atoms with van der Waals surface area (Å²) in [5.41, 5.74) is 1.69. The summed E-state index contributed by atoms with van der Waals surface area (Å²) < 4.78 is 24.6. The zero-order valence-corrected chi connectivity index (χ0v) is 13.5. The quantitative estimate of drug-likeness (QED) is 0.687. The molecule has 0 aliphatic rings. The summed E-state index contributed by atoms with van der Waals surface area (Å²) in [7, 11) is -3.23. The van der Waals surface area contributed by atoms with Gasteiger partial charge in [-0.25, -0.2) is 8.42 Å². The second kappa shape index (κ2) is 8.67. The first kappa shape index (κ1) is 17.5. The summed E-state index contributed by atoms with van der Waals surface area (Å²) in [6.07, 6.45) is 5.41. The maximum Gasteiger partial charge on any atom is 0.229 e. The highest BCUT2D eigenvalue weighted by molar-refractivity contribution is 7.92. The molecule has 21 heavy (non-hydrogen) atoms. The molecule has 0 aromatic heterocycles. The molecule has 1 aromatic carbocycles. The largest absolute Gasteiger partial charge is 0.356 e. The van der Waals surface area contributed by atoms with Gasteiger partial charge in [0.1, 0.15) is 0 Å². The van der Waals surface area contributed by atoms with Gasteiger partial charge in [-0.3, -0.25) is 9.52 Å². The molecule has 0 saturated carbocycles. The van der Waals surface area contributed by atoms with Crippen molar-refractivity contribution in [3.8, 4) is 0 Å². The van der Waals surface area contributed by atoms with Gasteiger partial charge in [-0.15, -0.1) is 0 Å². The number of hydrogen-bond acceptors (Lipinski definition) is 3. The van der Waals surface area contributed by atoms with Crippen molar-refractivity contribution in [3.05, 3.63) is 29.8 Å². The van der Waals surface area contributed by atoms with Gasteiger partial charge in [-0.1, -0.05) is 25.5 Å². The zero-order valence-electron chi connectivity index (χ0n) is 12.7. The van der Waals surface area contributed by atoms with Gasteiger partial charge in [-0.05, 0) is 37.0 Å². The van der Waals surface area contributed by atoms with E-state index in [0.29, 0.717) is 18.7 Å². The van der Waals surface area contributed by atoms with Crippen LogP contribution in [0.5, 0.6) is 0 Å². The minimum Gasteiger partial charge on any atom is -0.356 e. The molecule has 1 aromatic rings. The topological polar surface area (TPSA) is 75.3 Å². The number of hydrogen-bond donors (Lipinski definition) is 2. The third kappa shape index (κ3) is 8.34. The van der Waals surface area contributed by atoms with Crippen LogP contribution in [0.2, 0.25) is 0 Å². The molecule has 5 nitrogen and oxygen atoms in total. The fraction of sp³-hybridized carbons (Fsp3) is 0.533. The Bertz CT molecular complexity index is 539. The molecule has 0 radical (unpaired) electrons. The molecule has 0 saturated heterocycles. The molecule has 2 N–H and O–H groups in total. The lowest BCUT2D eigenvalue weighted by atomic mass is 10.1. The number of unbranched alkanes of at least 4 members (excludes halogenated alkanes) is 1. The zero-order chi connectivity index (χ0) is 15.7. The van der Waals surface area contributed by atoms with E-state index in [1.807, 2.05) is 12.1 Å². The van der Waals surface area contributed by atoms with E-state index in [0.717, 1.165) is 37.5 Å². The van der Waals surface area contributed by atoms with Crippen LogP contribution < -0.4 is 10.0 Å². The molecule has 6 heteroatoms. The van der Waals surface area contributed by atoms with Crippen LogP contribution in [0.25, 0.3) is 0 Å². The Morgan fingerprint density at radius 2 is 1.81 bits per heavy atom. The minimum atomic E-state index is -3.23. The number of carbonyl (C=O) groups excluding carboxylic acids is 1. The molecular weight excluding hydrogens is 288 g/mol. The van der Waals surface area contributed by atoms with E-state index in [2.05, 4.69) is 17.0 Å². The summed E-state index contributed by atoms with van der Waals surface area (Å²) >= 11 is 0. The van der Waals surface area contributed by atoms with Crippen LogP contribution in [-0.2, 0) is 21.2 Å². The molecule has 0 aliphatic heterocycles. The van der Waals surface area contributed by atoms with Gasteiger partial charge in [0, 0.05) is 18.7 Å². The molecular formula is C15H24N2O3S. The fourth-order valence-electron chi connectivity index (χ4n) is 1.90. The number of anilines is 1. The molecule has 0 atom stereocenters. The van der Waals surface area contributed by atoms with E-state index in [4.69, 9.17) is 0 Å². The van der Waals surface area contributed by atoms with Crippen LogP contribution in [-0.4, -0.2) is 27.1 Å². The van der Waals surface area contributed by atoms with Gasteiger partial charge < -0.3 is 5.32 Å². The maximum atomic E-state index is 11.4. The Balaban J connectivity index is 2.28. The predicted octanol–water partition coefficient (Wildman–Crippen LogP) is 2.30. The minimum absolute atomic E-state index is 0.115. The highest BCUT2D eigenvalue weighted by Crippen LogP contribution is 2.12. The van der Waals surface area contributed by atoms with E-state index in [1.165, 1.54) is 0 Å². The first-order valence-corrected chi connectivity index (χ1v) is 9.13. The van der Waals surface area contributed by atoms with E-state index in [1.54, 1.807) is 12.1 Å². The van der Waals surface area contributed by atoms with Crippen molar-refractivity contribution in [3.63, 3.8) is 0 Å². The molecule has 0 bridgehead atoms. The summed E-state index contributed by atoms with van der Waals surface area (Å²) in [5.74, 6) is 0.115. The van der Waals surface area contributed by atoms with Crippen LogP contribution in [0.4, 0.5) is 5.69 Å². The van der Waals surface area contributed by atoms with Gasteiger partial charge >= 0.3 is 0 Å². The highest BCUT2D eigenvalue weighted by atomic mass is 32.2. The Morgan fingerprint density at radius 1 is 1.14 bits per heavy atom. The first-order valence-electron chi connectivity index (χ1n) is 7.24. The smallest absolute Gasteiger partial charge is 0.229 e. The van der Waals surface area contributed by atoms with Gasteiger partial charge in [-0.2, -0.15) is 0 Å². The Hall–Kier alpha value is -1.56. The van der Waals surface area contributed by atoms with Crippen LogP contribution in [0, 0.1) is 0 Å². The van der Waals surface area contributed by atoms with Crippen LogP contribution in [0.1, 0.15) is 38.2 Å². The number of carbonyl (C=O) groups is 1. The van der Waals surface area contributed by atoms with Crippen molar-refractivity contribution < 1.29 is 13.2 Å². The average Bonchev–Trinajstić information content (AvgIpc) is 2.41. The molecule has 0 fully saturated rings. The lowest BCUT2D eigenvalue weighted by Crippen LogP contribution is -2.24. The highest BCUT2D eigenvalue weighted by Gasteiger charge is 2.02. The summed E-state index contributed by atoms with van der Waals surface area (Å²) in [6, 6.07) is 7.28. The van der Waals surface area contributed by atoms with Crippen LogP contribution in [0.15, 0.2) is 24.3 Å². The third-order valence-electron chi connectivity index (χ3n) is 2.98. The molecule has 1 amide bonds. The van der Waals surface area contributed by atoms with Crippen molar-refractivity contribution in [1.82, 2.24) is 5.32 Å². The van der Waals surface area contributed by atoms with Gasteiger partial charge in [0.15, 0.2) is 0 Å². The lowest BCUT2D eigenvalue weighted by molar-refractivity contribution is -0.121. The van der Waals surface area contributed by atoms with Gasteiger partial charge in [0.2, 0.25) is 15.9 Å². The van der Waals surface area contributed by atoms with E-state index >= 15 is 0 Å². The van der Waals surface area contributed by atoms with E-state index in [9.17, 15) is 13.2 Å². The number of aryl methyl sites for hydroxylation is 1. The fourth-order valence-corrected chi connectivity index (χ4v) is 2.46. The molecule has 0 unspecified atom stereocenters. The Kier molecular flexibility index (Phi) is 7.22. The third-order valence-corrected chi connectivity index (χ3v) is 3.59. The van der Waals surface area contributed by atoms with Gasteiger partial charge in [0.25, 0.3) is 0 Å². The molecule has 118 valence electrons. The predicted molar refractivity (Wildman–Crippen MR) is 85.8 cm³/mol. The monoisotopic (exact) mass is 312 g/mol. The number of rotatable bonds is 9. The van der Waals surface area contributed by atoms with Gasteiger partial charge in [0.05, 0.1) is 6.26 Å². The normalized spacial score (nSPS) is 11.1. The van der Waals surface area contributed by atoms with Crippen LogP contribution in [0.3, 0.4) is 0 Å². The van der Waals surface area contributed by atoms with Crippen LogP contribution >= 0.6 is 0 Å². The van der Waals surface area contributed by atoms with Crippen molar-refractivity contribution in [1.29, 1.82) is 0 Å². The molecule has 0 aliphatic carbocycles. The maximum absolute atomic E-state index is 11.4. The summed E-state index contributed by atoms with van der Waals surface area (Å²) in [6.45, 7) is 2.74. The molecule has 1 rings (SSSR count). The second-order valence-corrected chi connectivity index (χ2v) is 6.88. The summed E-state index contributed by atoms with van der Waals surface area (Å²) in [5, 5.41) is 2.90.